The van der Waals surface area contributed by atoms with Gasteiger partial charge < -0.3 is 30.1 Å². The number of piperidine rings is 1. The number of anilines is 3. The van der Waals surface area contributed by atoms with Gasteiger partial charge in [0, 0.05) is 42.6 Å². The Hall–Kier alpha value is -3.48. The van der Waals surface area contributed by atoms with Crippen molar-refractivity contribution in [3.8, 4) is 0 Å². The zero-order chi connectivity index (χ0) is 26.7. The van der Waals surface area contributed by atoms with E-state index in [9.17, 15) is 9.90 Å². The van der Waals surface area contributed by atoms with Crippen molar-refractivity contribution in [2.24, 2.45) is 5.73 Å². The fourth-order valence-electron chi connectivity index (χ4n) is 6.34. The summed E-state index contributed by atoms with van der Waals surface area (Å²) in [5.74, 6) is 0.166. The molecule has 4 aliphatic rings. The maximum atomic E-state index is 12.7. The SMILES string of the molecule is Cc1cc(C2OC=C(C(N)=O)N2c2cc3sc(N4CCOCC4)nc3nc2N2C3CCC2CC(O)C3)ccn1. The van der Waals surface area contributed by atoms with Gasteiger partial charge in [0.2, 0.25) is 6.23 Å². The molecule has 7 heterocycles. The zero-order valence-electron chi connectivity index (χ0n) is 21.7. The molecule has 3 fully saturated rings. The Balaban J connectivity index is 1.39. The van der Waals surface area contributed by atoms with Crippen LogP contribution in [0.15, 0.2) is 36.4 Å². The monoisotopic (exact) mass is 549 g/mol. The van der Waals surface area contributed by atoms with Crippen LogP contribution in [0.25, 0.3) is 10.3 Å². The van der Waals surface area contributed by atoms with E-state index in [-0.39, 0.29) is 23.9 Å². The number of aryl methyl sites for hydroxylation is 1. The van der Waals surface area contributed by atoms with Gasteiger partial charge in [0.05, 0.1) is 29.7 Å². The van der Waals surface area contributed by atoms with Crippen LogP contribution in [0.3, 0.4) is 0 Å². The summed E-state index contributed by atoms with van der Waals surface area (Å²) in [6, 6.07) is 6.22. The molecule has 2 bridgehead atoms. The molecule has 3 aromatic rings. The molecule has 0 spiro atoms. The first-order valence-corrected chi connectivity index (χ1v) is 14.3. The van der Waals surface area contributed by atoms with E-state index in [1.54, 1.807) is 17.5 Å². The Morgan fingerprint density at radius 3 is 2.64 bits per heavy atom. The number of carbonyl (C=O) groups excluding carboxylic acids is 1. The highest BCUT2D eigenvalue weighted by Gasteiger charge is 2.44. The van der Waals surface area contributed by atoms with Gasteiger partial charge in [0.25, 0.3) is 5.91 Å². The van der Waals surface area contributed by atoms with Crippen molar-refractivity contribution in [2.75, 3.05) is 41.0 Å². The number of primary amides is 1. The Morgan fingerprint density at radius 1 is 1.15 bits per heavy atom. The Morgan fingerprint density at radius 2 is 1.92 bits per heavy atom. The highest BCUT2D eigenvalue weighted by Crippen LogP contribution is 2.48. The molecule has 3 atom stereocenters. The number of hydrogen-bond acceptors (Lipinski definition) is 11. The second-order valence-electron chi connectivity index (χ2n) is 10.6. The van der Waals surface area contributed by atoms with Crippen LogP contribution in [0.4, 0.5) is 16.6 Å². The van der Waals surface area contributed by atoms with E-state index in [0.717, 1.165) is 58.5 Å². The van der Waals surface area contributed by atoms with E-state index >= 15 is 0 Å². The molecule has 11 nitrogen and oxygen atoms in total. The molecule has 3 N–H and O–H groups in total. The van der Waals surface area contributed by atoms with E-state index in [2.05, 4.69) is 20.9 Å². The standard InChI is InChI=1S/C27H31N7O4S/c1-15-10-16(4-5-29-15)26-34(21(14-38-26)23(28)36)20-13-22-24(31-27(39-22)32-6-8-37-9-7-32)30-25(20)33-17-2-3-18(33)12-19(35)11-17/h4-5,10,13-14,17-19,26,35H,2-3,6-9,11-12H2,1H3,(H2,28,36). The lowest BCUT2D eigenvalue weighted by atomic mass is 9.99. The van der Waals surface area contributed by atoms with Crippen molar-refractivity contribution in [1.82, 2.24) is 15.0 Å². The molecule has 3 saturated heterocycles. The topological polar surface area (TPSA) is 130 Å². The van der Waals surface area contributed by atoms with E-state index in [4.69, 9.17) is 25.2 Å². The van der Waals surface area contributed by atoms with E-state index < -0.39 is 12.1 Å². The first-order chi connectivity index (χ1) is 19.0. The average Bonchev–Trinajstić information content (AvgIpc) is 3.62. The summed E-state index contributed by atoms with van der Waals surface area (Å²) < 4.78 is 12.5. The van der Waals surface area contributed by atoms with Gasteiger partial charge in [-0.25, -0.2) is 4.98 Å². The number of morpholine rings is 1. The molecule has 0 aliphatic carbocycles. The van der Waals surface area contributed by atoms with Crippen LogP contribution in [0.5, 0.6) is 0 Å². The van der Waals surface area contributed by atoms with Gasteiger partial charge in [0.15, 0.2) is 16.6 Å². The lowest BCUT2D eigenvalue weighted by molar-refractivity contribution is -0.114. The van der Waals surface area contributed by atoms with Crippen LogP contribution in [-0.2, 0) is 14.3 Å². The number of nitrogens with zero attached hydrogens (tertiary/aromatic N) is 6. The van der Waals surface area contributed by atoms with Crippen LogP contribution in [-0.4, -0.2) is 70.5 Å². The summed E-state index contributed by atoms with van der Waals surface area (Å²) in [5, 5.41) is 11.4. The molecular formula is C27H31N7O4S. The Labute approximate surface area is 229 Å². The average molecular weight is 550 g/mol. The fraction of sp³-hybridized carbons (Fsp3) is 0.481. The van der Waals surface area contributed by atoms with Crippen molar-refractivity contribution in [3.63, 3.8) is 0 Å². The molecular weight excluding hydrogens is 518 g/mol. The summed E-state index contributed by atoms with van der Waals surface area (Å²) in [5.41, 5.74) is 9.27. The van der Waals surface area contributed by atoms with Gasteiger partial charge in [-0.1, -0.05) is 11.3 Å². The van der Waals surface area contributed by atoms with Crippen molar-refractivity contribution < 1.29 is 19.4 Å². The Kier molecular flexibility index (Phi) is 6.05. The summed E-state index contributed by atoms with van der Waals surface area (Å²) in [6.07, 6.45) is 5.60. The van der Waals surface area contributed by atoms with Crippen LogP contribution < -0.4 is 20.4 Å². The normalized spacial score (nSPS) is 26.7. The Bertz CT molecular complexity index is 1440. The number of aliphatic hydroxyl groups excluding tert-OH is 1. The minimum Gasteiger partial charge on any atom is -0.471 e. The molecule has 4 aliphatic heterocycles. The minimum atomic E-state index is -0.605. The first-order valence-electron chi connectivity index (χ1n) is 13.4. The van der Waals surface area contributed by atoms with Gasteiger partial charge in [-0.2, -0.15) is 4.98 Å². The molecule has 3 unspecified atom stereocenters. The van der Waals surface area contributed by atoms with Gasteiger partial charge in [-0.05, 0) is 50.8 Å². The molecule has 204 valence electrons. The second kappa shape index (κ2) is 9.61. The van der Waals surface area contributed by atoms with Crippen molar-refractivity contribution in [2.45, 2.75) is 57.0 Å². The fourth-order valence-corrected chi connectivity index (χ4v) is 7.33. The maximum Gasteiger partial charge on any atom is 0.268 e. The van der Waals surface area contributed by atoms with Crippen LogP contribution in [0.2, 0.25) is 0 Å². The summed E-state index contributed by atoms with van der Waals surface area (Å²) in [7, 11) is 0. The number of hydrogen-bond donors (Lipinski definition) is 2. The van der Waals surface area contributed by atoms with Crippen molar-refractivity contribution >= 4 is 44.2 Å². The predicted octanol–water partition coefficient (Wildman–Crippen LogP) is 2.59. The summed E-state index contributed by atoms with van der Waals surface area (Å²) in [4.78, 5) is 33.5. The molecule has 12 heteroatoms. The van der Waals surface area contributed by atoms with Crippen molar-refractivity contribution in [1.29, 1.82) is 0 Å². The smallest absolute Gasteiger partial charge is 0.268 e. The number of amides is 1. The zero-order valence-corrected chi connectivity index (χ0v) is 22.5. The van der Waals surface area contributed by atoms with Crippen LogP contribution in [0.1, 0.15) is 43.2 Å². The maximum absolute atomic E-state index is 12.7. The largest absolute Gasteiger partial charge is 0.471 e. The minimum absolute atomic E-state index is 0.158. The number of aromatic nitrogens is 3. The summed E-state index contributed by atoms with van der Waals surface area (Å²) >= 11 is 1.58. The van der Waals surface area contributed by atoms with E-state index in [1.807, 2.05) is 24.0 Å². The lowest BCUT2D eigenvalue weighted by Gasteiger charge is -2.40. The third-order valence-electron chi connectivity index (χ3n) is 8.09. The molecule has 0 radical (unpaired) electrons. The molecule has 3 aromatic heterocycles. The molecule has 1 amide bonds. The third kappa shape index (κ3) is 4.26. The molecule has 7 rings (SSSR count). The molecule has 39 heavy (non-hydrogen) atoms. The lowest BCUT2D eigenvalue weighted by Crippen LogP contribution is -2.46. The van der Waals surface area contributed by atoms with Gasteiger partial charge in [-0.15, -0.1) is 0 Å². The van der Waals surface area contributed by atoms with Gasteiger partial charge >= 0.3 is 0 Å². The number of thiazole rings is 1. The molecule has 0 saturated carbocycles. The first kappa shape index (κ1) is 24.6. The number of nitrogens with two attached hydrogens (primary N) is 1. The number of aliphatic hydroxyl groups is 1. The van der Waals surface area contributed by atoms with Gasteiger partial charge in [0.1, 0.15) is 12.0 Å². The van der Waals surface area contributed by atoms with Gasteiger partial charge in [-0.3, -0.25) is 14.7 Å². The quantitative estimate of drug-likeness (QED) is 0.490. The van der Waals surface area contributed by atoms with Crippen LogP contribution in [0, 0.1) is 6.92 Å². The number of fused-ring (bicyclic) bond motifs is 3. The predicted molar refractivity (Wildman–Crippen MR) is 148 cm³/mol. The number of rotatable bonds is 5. The highest BCUT2D eigenvalue weighted by molar-refractivity contribution is 7.22. The van der Waals surface area contributed by atoms with Crippen LogP contribution >= 0.6 is 11.3 Å². The number of ether oxygens (including phenoxy) is 2. The molecule has 0 aromatic carbocycles. The third-order valence-corrected chi connectivity index (χ3v) is 9.14. The van der Waals surface area contributed by atoms with E-state index in [0.29, 0.717) is 31.7 Å². The summed E-state index contributed by atoms with van der Waals surface area (Å²) in [6.45, 7) is 4.83. The number of carbonyl (C=O) groups is 1. The number of pyridine rings is 2. The highest BCUT2D eigenvalue weighted by atomic mass is 32.1. The second-order valence-corrected chi connectivity index (χ2v) is 11.6. The van der Waals surface area contributed by atoms with Crippen molar-refractivity contribution in [3.05, 3.63) is 47.6 Å². The van der Waals surface area contributed by atoms with E-state index in [1.165, 1.54) is 6.26 Å².